The van der Waals surface area contributed by atoms with Crippen molar-refractivity contribution in [2.45, 2.75) is 18.6 Å². The number of nitrogens with zero attached hydrogens (tertiary/aromatic N) is 3. The van der Waals surface area contributed by atoms with E-state index in [-0.39, 0.29) is 37.4 Å². The lowest BCUT2D eigenvalue weighted by molar-refractivity contribution is -0.144. The van der Waals surface area contributed by atoms with Gasteiger partial charge in [0.2, 0.25) is 0 Å². The molecule has 202 valence electrons. The minimum Gasteiger partial charge on any atom is -0.479 e. The van der Waals surface area contributed by atoms with Crippen molar-refractivity contribution >= 4 is 23.5 Å². The van der Waals surface area contributed by atoms with Crippen molar-refractivity contribution in [3.8, 4) is 17.3 Å². The summed E-state index contributed by atoms with van der Waals surface area (Å²) in [6, 6.07) is 2.89. The predicted octanol–water partition coefficient (Wildman–Crippen LogP) is 1.68. The molecule has 3 aromatic rings. The Labute approximate surface area is 214 Å². The SMILES string of the molecule is Cn1c(C(F)(F)F)cc(=O)n(-c2cc(C[C@H](N)C(=O)Oc3cccnc3OCC(=O)O)c(Cl)cc2F)c1=O. The van der Waals surface area contributed by atoms with Gasteiger partial charge in [0.25, 0.3) is 11.4 Å². The Balaban J connectivity index is 1.92. The number of aliphatic carboxylic acids is 1. The summed E-state index contributed by atoms with van der Waals surface area (Å²) in [6.07, 6.45) is -4.19. The Hall–Kier alpha value is -4.24. The number of pyridine rings is 1. The molecule has 0 spiro atoms. The van der Waals surface area contributed by atoms with E-state index in [2.05, 4.69) is 4.98 Å². The summed E-state index contributed by atoms with van der Waals surface area (Å²) >= 11 is 6.04. The molecule has 1 atom stereocenters. The highest BCUT2D eigenvalue weighted by atomic mass is 35.5. The number of rotatable bonds is 8. The number of hydrogen-bond acceptors (Lipinski definition) is 8. The molecule has 11 nitrogen and oxygen atoms in total. The zero-order valence-corrected chi connectivity index (χ0v) is 19.9. The second-order valence-electron chi connectivity index (χ2n) is 7.66. The minimum atomic E-state index is -5.02. The molecule has 0 radical (unpaired) electrons. The second kappa shape index (κ2) is 11.0. The predicted molar refractivity (Wildman–Crippen MR) is 122 cm³/mol. The molecule has 0 amide bonds. The van der Waals surface area contributed by atoms with E-state index in [0.717, 1.165) is 13.1 Å². The van der Waals surface area contributed by atoms with Gasteiger partial charge in [-0.15, -0.1) is 0 Å². The zero-order chi connectivity index (χ0) is 28.4. The third-order valence-corrected chi connectivity index (χ3v) is 5.34. The number of aromatic nitrogens is 3. The minimum absolute atomic E-state index is 0.0464. The van der Waals surface area contributed by atoms with Crippen LogP contribution >= 0.6 is 11.6 Å². The number of carboxylic acid groups (broad SMARTS) is 1. The van der Waals surface area contributed by atoms with Crippen molar-refractivity contribution in [1.82, 2.24) is 14.1 Å². The van der Waals surface area contributed by atoms with Gasteiger partial charge in [-0.05, 0) is 36.2 Å². The first kappa shape index (κ1) is 28.3. The number of benzene rings is 1. The topological polar surface area (TPSA) is 156 Å². The number of alkyl halides is 3. The van der Waals surface area contributed by atoms with E-state index in [1.807, 2.05) is 0 Å². The Kier molecular flexibility index (Phi) is 8.22. The van der Waals surface area contributed by atoms with Gasteiger partial charge in [-0.3, -0.25) is 9.36 Å². The third kappa shape index (κ3) is 6.18. The number of carbonyl (C=O) groups excluding carboxylic acids is 1. The molecule has 0 unspecified atom stereocenters. The fourth-order valence-electron chi connectivity index (χ4n) is 3.22. The monoisotopic (exact) mass is 560 g/mol. The van der Waals surface area contributed by atoms with Crippen molar-refractivity contribution in [2.75, 3.05) is 6.61 Å². The van der Waals surface area contributed by atoms with Crippen LogP contribution in [0, 0.1) is 5.82 Å². The summed E-state index contributed by atoms with van der Waals surface area (Å²) in [5, 5.41) is 8.47. The standard InChI is InChI=1S/C22H17ClF4N4O7/c1-30-16(22(25,26)27)8-17(32)31(21(30)36)14-6-10(11(23)7-12(14)24)5-13(28)20(35)38-15-3-2-4-29-19(15)37-9-18(33)34/h2-4,6-8,13H,5,9,28H2,1H3,(H,33,34)/t13-/m0/s1. The number of nitrogens with two attached hydrogens (primary N) is 1. The highest BCUT2D eigenvalue weighted by molar-refractivity contribution is 6.31. The first-order chi connectivity index (χ1) is 17.7. The summed E-state index contributed by atoms with van der Waals surface area (Å²) in [6.45, 7) is -0.773. The van der Waals surface area contributed by atoms with Crippen LogP contribution in [0.15, 0.2) is 46.1 Å². The van der Waals surface area contributed by atoms with Crippen molar-refractivity contribution in [3.63, 3.8) is 0 Å². The third-order valence-electron chi connectivity index (χ3n) is 4.99. The van der Waals surface area contributed by atoms with Crippen LogP contribution in [0.25, 0.3) is 5.69 Å². The van der Waals surface area contributed by atoms with E-state index in [9.17, 15) is 36.7 Å². The zero-order valence-electron chi connectivity index (χ0n) is 19.2. The molecule has 0 aliphatic rings. The molecule has 3 N–H and O–H groups in total. The normalized spacial score (nSPS) is 12.2. The number of carbonyl (C=O) groups is 2. The lowest BCUT2D eigenvalue weighted by Gasteiger charge is -2.17. The molecule has 16 heteroatoms. The Morgan fingerprint density at radius 3 is 2.55 bits per heavy atom. The number of hydrogen-bond donors (Lipinski definition) is 2. The number of ether oxygens (including phenoxy) is 2. The van der Waals surface area contributed by atoms with Gasteiger partial charge in [0, 0.05) is 24.3 Å². The van der Waals surface area contributed by atoms with E-state index >= 15 is 0 Å². The summed E-state index contributed by atoms with van der Waals surface area (Å²) in [4.78, 5) is 51.9. The molecule has 0 aliphatic heterocycles. The van der Waals surface area contributed by atoms with Gasteiger partial charge < -0.3 is 20.3 Å². The average molecular weight is 561 g/mol. The molecule has 0 saturated carbocycles. The fourth-order valence-corrected chi connectivity index (χ4v) is 3.45. The number of carboxylic acids is 1. The second-order valence-corrected chi connectivity index (χ2v) is 8.07. The van der Waals surface area contributed by atoms with Gasteiger partial charge in [-0.2, -0.15) is 13.2 Å². The summed E-state index contributed by atoms with van der Waals surface area (Å²) < 4.78 is 64.4. The lowest BCUT2D eigenvalue weighted by Crippen LogP contribution is -2.41. The number of halogens is 5. The molecular formula is C22H17ClF4N4O7. The molecular weight excluding hydrogens is 544 g/mol. The summed E-state index contributed by atoms with van der Waals surface area (Å²) in [5.74, 6) is -4.14. The van der Waals surface area contributed by atoms with Gasteiger partial charge in [0.05, 0.1) is 5.69 Å². The van der Waals surface area contributed by atoms with Crippen LogP contribution < -0.4 is 26.5 Å². The first-order valence-corrected chi connectivity index (χ1v) is 10.7. The Morgan fingerprint density at radius 2 is 1.92 bits per heavy atom. The van der Waals surface area contributed by atoms with Crippen LogP contribution in [0.4, 0.5) is 17.6 Å². The van der Waals surface area contributed by atoms with Crippen molar-refractivity contribution < 1.29 is 41.7 Å². The maximum atomic E-state index is 14.7. The maximum Gasteiger partial charge on any atom is 0.431 e. The van der Waals surface area contributed by atoms with Crippen molar-refractivity contribution in [2.24, 2.45) is 12.8 Å². The van der Waals surface area contributed by atoms with Crippen LogP contribution in [0.5, 0.6) is 11.6 Å². The van der Waals surface area contributed by atoms with Crippen molar-refractivity contribution in [3.05, 3.63) is 79.5 Å². The molecule has 0 bridgehead atoms. The fraction of sp³-hybridized carbons (Fsp3) is 0.227. The van der Waals surface area contributed by atoms with E-state index in [0.29, 0.717) is 6.07 Å². The van der Waals surface area contributed by atoms with E-state index in [1.165, 1.54) is 18.3 Å². The van der Waals surface area contributed by atoms with Gasteiger partial charge in [-0.25, -0.2) is 28.3 Å². The highest BCUT2D eigenvalue weighted by Gasteiger charge is 2.35. The van der Waals surface area contributed by atoms with Crippen LogP contribution in [0.1, 0.15) is 11.3 Å². The molecule has 2 heterocycles. The van der Waals surface area contributed by atoms with Gasteiger partial charge >= 0.3 is 23.8 Å². The summed E-state index contributed by atoms with van der Waals surface area (Å²) in [7, 11) is 0.759. The molecule has 0 aliphatic carbocycles. The van der Waals surface area contributed by atoms with Crippen LogP contribution in [-0.4, -0.2) is 43.8 Å². The van der Waals surface area contributed by atoms with E-state index < -0.39 is 65.6 Å². The van der Waals surface area contributed by atoms with Crippen LogP contribution in [0.3, 0.4) is 0 Å². The first-order valence-electron chi connectivity index (χ1n) is 10.4. The Morgan fingerprint density at radius 1 is 1.24 bits per heavy atom. The quantitative estimate of drug-likeness (QED) is 0.309. The van der Waals surface area contributed by atoms with E-state index in [4.69, 9.17) is 31.9 Å². The van der Waals surface area contributed by atoms with Crippen LogP contribution in [-0.2, 0) is 29.2 Å². The average Bonchev–Trinajstić information content (AvgIpc) is 2.82. The Bertz CT molecular complexity index is 1520. The van der Waals surface area contributed by atoms with Crippen molar-refractivity contribution in [1.29, 1.82) is 0 Å². The van der Waals surface area contributed by atoms with Gasteiger partial charge in [0.1, 0.15) is 17.6 Å². The molecule has 3 rings (SSSR count). The smallest absolute Gasteiger partial charge is 0.431 e. The maximum absolute atomic E-state index is 14.7. The highest BCUT2D eigenvalue weighted by Crippen LogP contribution is 2.28. The van der Waals surface area contributed by atoms with E-state index in [1.54, 1.807) is 0 Å². The molecule has 2 aromatic heterocycles. The molecule has 0 fully saturated rings. The largest absolute Gasteiger partial charge is 0.479 e. The lowest BCUT2D eigenvalue weighted by atomic mass is 10.1. The molecule has 1 aromatic carbocycles. The number of esters is 1. The van der Waals surface area contributed by atoms with Gasteiger partial charge in [0.15, 0.2) is 12.4 Å². The summed E-state index contributed by atoms with van der Waals surface area (Å²) in [5.41, 5.74) is 0.633. The van der Waals surface area contributed by atoms with Gasteiger partial charge in [-0.1, -0.05) is 11.6 Å². The molecule has 0 saturated heterocycles. The molecule has 38 heavy (non-hydrogen) atoms. The van der Waals surface area contributed by atoms with Crippen LogP contribution in [0.2, 0.25) is 5.02 Å².